The number of rotatable bonds is 5. The lowest BCUT2D eigenvalue weighted by atomic mass is 9.93. The van der Waals surface area contributed by atoms with Crippen LogP contribution in [0.4, 0.5) is 0 Å². The Kier molecular flexibility index (Phi) is 5.37. The van der Waals surface area contributed by atoms with Crippen LogP contribution in [0.5, 0.6) is 0 Å². The largest absolute Gasteiger partial charge is 0.353 e. The van der Waals surface area contributed by atoms with Gasteiger partial charge in [0.2, 0.25) is 5.91 Å². The van der Waals surface area contributed by atoms with Crippen molar-refractivity contribution in [2.45, 2.75) is 32.4 Å². The van der Waals surface area contributed by atoms with Crippen LogP contribution in [0.2, 0.25) is 0 Å². The van der Waals surface area contributed by atoms with E-state index in [4.69, 9.17) is 0 Å². The van der Waals surface area contributed by atoms with Gasteiger partial charge in [-0.1, -0.05) is 38.1 Å². The molecule has 0 fully saturated rings. The molecule has 1 aliphatic heterocycles. The van der Waals surface area contributed by atoms with E-state index >= 15 is 0 Å². The molecular weight excluding hydrogens is 262 g/mol. The first-order chi connectivity index (χ1) is 10.0. The summed E-state index contributed by atoms with van der Waals surface area (Å²) in [5.74, 6) is 0.585. The number of likely N-dealkylation sites (N-methyl/N-ethyl adjacent to an activating group) is 1. The smallest absolute Gasteiger partial charge is 0.241 e. The second-order valence-corrected chi connectivity index (χ2v) is 6.36. The van der Waals surface area contributed by atoms with Gasteiger partial charge in [-0.25, -0.2) is 0 Å². The van der Waals surface area contributed by atoms with Gasteiger partial charge in [-0.2, -0.15) is 0 Å². The zero-order valence-electron chi connectivity index (χ0n) is 13.5. The average Bonchev–Trinajstić information content (AvgIpc) is 2.46. The van der Waals surface area contributed by atoms with Crippen molar-refractivity contribution < 1.29 is 4.79 Å². The maximum atomic E-state index is 12.5. The molecule has 2 unspecified atom stereocenters. The minimum Gasteiger partial charge on any atom is -0.353 e. The second-order valence-electron chi connectivity index (χ2n) is 6.36. The molecule has 1 amide bonds. The molecular formula is C17H27N3O. The maximum absolute atomic E-state index is 12.5. The molecule has 116 valence electrons. The van der Waals surface area contributed by atoms with Crippen molar-refractivity contribution in [1.82, 2.24) is 15.5 Å². The van der Waals surface area contributed by atoms with Crippen molar-refractivity contribution in [3.63, 3.8) is 0 Å². The number of hydrogen-bond acceptors (Lipinski definition) is 3. The molecule has 0 bridgehead atoms. The van der Waals surface area contributed by atoms with Gasteiger partial charge < -0.3 is 15.5 Å². The summed E-state index contributed by atoms with van der Waals surface area (Å²) in [4.78, 5) is 14.7. The molecule has 21 heavy (non-hydrogen) atoms. The molecule has 1 aromatic rings. The molecule has 0 spiro atoms. The van der Waals surface area contributed by atoms with Gasteiger partial charge >= 0.3 is 0 Å². The Morgan fingerprint density at radius 3 is 2.76 bits per heavy atom. The first-order valence-corrected chi connectivity index (χ1v) is 7.76. The zero-order valence-corrected chi connectivity index (χ0v) is 13.5. The molecule has 1 heterocycles. The fourth-order valence-electron chi connectivity index (χ4n) is 3.06. The third kappa shape index (κ3) is 3.83. The highest BCUT2D eigenvalue weighted by molar-refractivity contribution is 5.84. The lowest BCUT2D eigenvalue weighted by Crippen LogP contribution is -2.47. The van der Waals surface area contributed by atoms with E-state index < -0.39 is 0 Å². The molecule has 0 saturated carbocycles. The molecule has 2 N–H and O–H groups in total. The predicted molar refractivity (Wildman–Crippen MR) is 86.2 cm³/mol. The highest BCUT2D eigenvalue weighted by atomic mass is 16.2. The van der Waals surface area contributed by atoms with Crippen LogP contribution in [-0.4, -0.2) is 44.0 Å². The Bertz CT molecular complexity index is 477. The van der Waals surface area contributed by atoms with Crippen molar-refractivity contribution >= 4 is 5.91 Å². The van der Waals surface area contributed by atoms with E-state index in [-0.39, 0.29) is 11.9 Å². The Hall–Kier alpha value is -1.39. The third-order valence-corrected chi connectivity index (χ3v) is 4.29. The van der Waals surface area contributed by atoms with Crippen LogP contribution >= 0.6 is 0 Å². The predicted octanol–water partition coefficient (Wildman–Crippen LogP) is 1.58. The Labute approximate surface area is 127 Å². The molecule has 0 radical (unpaired) electrons. The minimum absolute atomic E-state index is 0.0784. The molecule has 4 heteroatoms. The lowest BCUT2D eigenvalue weighted by Gasteiger charge is -2.30. The second kappa shape index (κ2) is 7.05. The molecule has 0 aromatic heterocycles. The number of nitrogens with one attached hydrogen (secondary N) is 2. The van der Waals surface area contributed by atoms with Crippen LogP contribution in [0.1, 0.15) is 31.0 Å². The molecule has 0 aliphatic carbocycles. The normalized spacial score (nSPS) is 19.4. The van der Waals surface area contributed by atoms with E-state index in [2.05, 4.69) is 55.6 Å². The van der Waals surface area contributed by atoms with Gasteiger partial charge in [0.1, 0.15) is 6.04 Å². The summed E-state index contributed by atoms with van der Waals surface area (Å²) in [5.41, 5.74) is 2.40. The summed E-state index contributed by atoms with van der Waals surface area (Å²) in [6.07, 6.45) is 0.992. The number of benzene rings is 1. The van der Waals surface area contributed by atoms with Crippen LogP contribution in [0.3, 0.4) is 0 Å². The minimum atomic E-state index is -0.218. The van der Waals surface area contributed by atoms with Crippen LogP contribution in [0.25, 0.3) is 0 Å². The molecule has 2 rings (SSSR count). The SMILES string of the molecule is CC(C)C(CNC(=O)C1NCCc2ccccc21)N(C)C. The van der Waals surface area contributed by atoms with Crippen molar-refractivity contribution in [3.05, 3.63) is 35.4 Å². The van der Waals surface area contributed by atoms with E-state index in [9.17, 15) is 4.79 Å². The van der Waals surface area contributed by atoms with E-state index in [0.29, 0.717) is 18.5 Å². The van der Waals surface area contributed by atoms with Gasteiger partial charge in [-0.05, 0) is 37.6 Å². The lowest BCUT2D eigenvalue weighted by molar-refractivity contribution is -0.123. The zero-order chi connectivity index (χ0) is 15.4. The van der Waals surface area contributed by atoms with Gasteiger partial charge in [0.05, 0.1) is 0 Å². The fraction of sp³-hybridized carbons (Fsp3) is 0.588. The molecule has 0 saturated heterocycles. The molecule has 1 aliphatic rings. The van der Waals surface area contributed by atoms with Gasteiger partial charge in [-0.3, -0.25) is 4.79 Å². The Morgan fingerprint density at radius 1 is 1.38 bits per heavy atom. The van der Waals surface area contributed by atoms with Crippen LogP contribution in [0, 0.1) is 5.92 Å². The maximum Gasteiger partial charge on any atom is 0.241 e. The molecule has 1 aromatic carbocycles. The summed E-state index contributed by atoms with van der Waals surface area (Å²) < 4.78 is 0. The van der Waals surface area contributed by atoms with E-state index in [1.54, 1.807) is 0 Å². The monoisotopic (exact) mass is 289 g/mol. The van der Waals surface area contributed by atoms with Crippen molar-refractivity contribution in [2.24, 2.45) is 5.92 Å². The quantitative estimate of drug-likeness (QED) is 0.865. The number of carbonyl (C=O) groups excluding carboxylic acids is 1. The average molecular weight is 289 g/mol. The Morgan fingerprint density at radius 2 is 2.10 bits per heavy atom. The summed E-state index contributed by atoms with van der Waals surface area (Å²) in [6, 6.07) is 8.35. The molecule has 4 nitrogen and oxygen atoms in total. The van der Waals surface area contributed by atoms with Gasteiger partial charge in [0, 0.05) is 19.1 Å². The molecule has 2 atom stereocenters. The number of carbonyl (C=O) groups is 1. The highest BCUT2D eigenvalue weighted by Crippen LogP contribution is 2.22. The summed E-state index contributed by atoms with van der Waals surface area (Å²) in [7, 11) is 4.12. The van der Waals surface area contributed by atoms with Crippen LogP contribution in [-0.2, 0) is 11.2 Å². The number of hydrogen-bond donors (Lipinski definition) is 2. The van der Waals surface area contributed by atoms with E-state index in [0.717, 1.165) is 18.5 Å². The summed E-state index contributed by atoms with van der Waals surface area (Å²) in [5, 5.41) is 6.44. The van der Waals surface area contributed by atoms with Crippen molar-refractivity contribution in [2.75, 3.05) is 27.2 Å². The van der Waals surface area contributed by atoms with Crippen LogP contribution in [0.15, 0.2) is 24.3 Å². The number of nitrogens with zero attached hydrogens (tertiary/aromatic N) is 1. The first-order valence-electron chi connectivity index (χ1n) is 7.76. The number of amides is 1. The highest BCUT2D eigenvalue weighted by Gasteiger charge is 2.26. The van der Waals surface area contributed by atoms with Gasteiger partial charge in [-0.15, -0.1) is 0 Å². The van der Waals surface area contributed by atoms with E-state index in [1.165, 1.54) is 5.56 Å². The van der Waals surface area contributed by atoms with Crippen molar-refractivity contribution in [3.8, 4) is 0 Å². The Balaban J connectivity index is 2.02. The number of fused-ring (bicyclic) bond motifs is 1. The van der Waals surface area contributed by atoms with Crippen molar-refractivity contribution in [1.29, 1.82) is 0 Å². The standard InChI is InChI=1S/C17H27N3O/c1-12(2)15(20(3)4)11-19-17(21)16-14-8-6-5-7-13(14)9-10-18-16/h5-8,12,15-16,18H,9-11H2,1-4H3,(H,19,21). The summed E-state index contributed by atoms with van der Waals surface area (Å²) in [6.45, 7) is 5.91. The summed E-state index contributed by atoms with van der Waals surface area (Å²) >= 11 is 0. The van der Waals surface area contributed by atoms with Crippen LogP contribution < -0.4 is 10.6 Å². The topological polar surface area (TPSA) is 44.4 Å². The third-order valence-electron chi connectivity index (χ3n) is 4.29. The van der Waals surface area contributed by atoms with Gasteiger partial charge in [0.15, 0.2) is 0 Å². The van der Waals surface area contributed by atoms with Gasteiger partial charge in [0.25, 0.3) is 0 Å². The fourth-order valence-corrected chi connectivity index (χ4v) is 3.06. The van der Waals surface area contributed by atoms with E-state index in [1.807, 2.05) is 12.1 Å². The first kappa shape index (κ1) is 16.0.